The highest BCUT2D eigenvalue weighted by atomic mass is 35.5. The standard InChI is InChI=1S/C13H12Cl2O2S/c14-9-3-4-12(10(15)8-9)17-6-5-11(16)13-2-1-7-18-13/h1-4,7-8,11,16H,5-6H2. The van der Waals surface area contributed by atoms with Crippen molar-refractivity contribution in [2.24, 2.45) is 0 Å². The van der Waals surface area contributed by atoms with E-state index in [1.54, 1.807) is 18.2 Å². The molecule has 1 heterocycles. The van der Waals surface area contributed by atoms with Gasteiger partial charge in [-0.15, -0.1) is 11.3 Å². The summed E-state index contributed by atoms with van der Waals surface area (Å²) in [6.07, 6.45) is 0.0375. The molecule has 0 bridgehead atoms. The van der Waals surface area contributed by atoms with Crippen LogP contribution in [0, 0.1) is 0 Å². The number of ether oxygens (including phenoxy) is 1. The van der Waals surface area contributed by atoms with Gasteiger partial charge in [-0.05, 0) is 29.6 Å². The SMILES string of the molecule is OC(CCOc1ccc(Cl)cc1Cl)c1cccs1. The van der Waals surface area contributed by atoms with Crippen molar-refractivity contribution in [1.29, 1.82) is 0 Å². The van der Waals surface area contributed by atoms with Crippen LogP contribution in [-0.2, 0) is 0 Å². The van der Waals surface area contributed by atoms with E-state index in [2.05, 4.69) is 0 Å². The molecule has 0 fully saturated rings. The molecular formula is C13H12Cl2O2S. The van der Waals surface area contributed by atoms with Gasteiger partial charge in [-0.2, -0.15) is 0 Å². The maximum Gasteiger partial charge on any atom is 0.137 e. The first-order valence-corrected chi connectivity index (χ1v) is 7.09. The zero-order chi connectivity index (χ0) is 13.0. The van der Waals surface area contributed by atoms with Crippen LogP contribution in [0.2, 0.25) is 10.0 Å². The van der Waals surface area contributed by atoms with E-state index < -0.39 is 6.10 Å². The molecule has 0 amide bonds. The Morgan fingerprint density at radius 2 is 2.11 bits per heavy atom. The van der Waals surface area contributed by atoms with Gasteiger partial charge in [-0.1, -0.05) is 29.3 Å². The summed E-state index contributed by atoms with van der Waals surface area (Å²) in [4.78, 5) is 0.945. The molecule has 1 aromatic carbocycles. The van der Waals surface area contributed by atoms with Gasteiger partial charge in [-0.3, -0.25) is 0 Å². The first-order valence-electron chi connectivity index (χ1n) is 5.46. The van der Waals surface area contributed by atoms with Crippen molar-refractivity contribution in [2.75, 3.05) is 6.61 Å². The van der Waals surface area contributed by atoms with Gasteiger partial charge in [0, 0.05) is 16.3 Å². The van der Waals surface area contributed by atoms with Crippen molar-refractivity contribution in [3.05, 3.63) is 50.6 Å². The molecule has 1 atom stereocenters. The van der Waals surface area contributed by atoms with Gasteiger partial charge in [-0.25, -0.2) is 0 Å². The third-order valence-electron chi connectivity index (χ3n) is 2.41. The Bertz CT molecular complexity index is 500. The van der Waals surface area contributed by atoms with E-state index in [9.17, 15) is 5.11 Å². The second-order valence-corrected chi connectivity index (χ2v) is 5.57. The Morgan fingerprint density at radius 3 is 2.78 bits per heavy atom. The van der Waals surface area contributed by atoms with Crippen molar-refractivity contribution in [3.63, 3.8) is 0 Å². The Kier molecular flexibility index (Phi) is 4.89. The van der Waals surface area contributed by atoms with Crippen LogP contribution in [-0.4, -0.2) is 11.7 Å². The van der Waals surface area contributed by atoms with Gasteiger partial charge in [0.25, 0.3) is 0 Å². The third-order valence-corrected chi connectivity index (χ3v) is 3.92. The van der Waals surface area contributed by atoms with Crippen molar-refractivity contribution in [1.82, 2.24) is 0 Å². The fourth-order valence-electron chi connectivity index (χ4n) is 1.50. The van der Waals surface area contributed by atoms with Crippen LogP contribution in [0.15, 0.2) is 35.7 Å². The quantitative estimate of drug-likeness (QED) is 0.877. The largest absolute Gasteiger partial charge is 0.492 e. The lowest BCUT2D eigenvalue weighted by Gasteiger charge is -2.11. The van der Waals surface area contributed by atoms with Crippen molar-refractivity contribution < 1.29 is 9.84 Å². The van der Waals surface area contributed by atoms with E-state index in [0.717, 1.165) is 4.88 Å². The molecule has 0 saturated carbocycles. The number of thiophene rings is 1. The molecule has 0 spiro atoms. The summed E-state index contributed by atoms with van der Waals surface area (Å²) >= 11 is 13.3. The second kappa shape index (κ2) is 6.43. The predicted octanol–water partition coefficient (Wildman–Crippen LogP) is 4.56. The van der Waals surface area contributed by atoms with Gasteiger partial charge in [0.15, 0.2) is 0 Å². The number of aliphatic hydroxyl groups excluding tert-OH is 1. The average Bonchev–Trinajstić information content (AvgIpc) is 2.85. The summed E-state index contributed by atoms with van der Waals surface area (Å²) in [7, 11) is 0. The normalized spacial score (nSPS) is 12.4. The minimum atomic E-state index is -0.490. The smallest absolute Gasteiger partial charge is 0.137 e. The number of hydrogen-bond donors (Lipinski definition) is 1. The summed E-state index contributed by atoms with van der Waals surface area (Å²) in [6.45, 7) is 0.403. The van der Waals surface area contributed by atoms with Crippen molar-refractivity contribution in [2.45, 2.75) is 12.5 Å². The molecule has 2 nitrogen and oxygen atoms in total. The van der Waals surface area contributed by atoms with Gasteiger partial charge >= 0.3 is 0 Å². The zero-order valence-corrected chi connectivity index (χ0v) is 11.8. The van der Waals surface area contributed by atoms with Crippen LogP contribution in [0.4, 0.5) is 0 Å². The van der Waals surface area contributed by atoms with Gasteiger partial charge < -0.3 is 9.84 Å². The second-order valence-electron chi connectivity index (χ2n) is 3.74. The summed E-state index contributed by atoms with van der Waals surface area (Å²) < 4.78 is 5.51. The Morgan fingerprint density at radius 1 is 1.28 bits per heavy atom. The Balaban J connectivity index is 1.85. The fourth-order valence-corrected chi connectivity index (χ4v) is 2.71. The molecule has 5 heteroatoms. The monoisotopic (exact) mass is 302 g/mol. The van der Waals surface area contributed by atoms with Crippen LogP contribution >= 0.6 is 34.5 Å². The summed E-state index contributed by atoms with van der Waals surface area (Å²) in [5.74, 6) is 0.583. The molecule has 1 N–H and O–H groups in total. The van der Waals surface area contributed by atoms with E-state index in [0.29, 0.717) is 28.8 Å². The summed E-state index contributed by atoms with van der Waals surface area (Å²) in [5.41, 5.74) is 0. The highest BCUT2D eigenvalue weighted by Crippen LogP contribution is 2.28. The molecule has 0 saturated heterocycles. The Hall–Kier alpha value is -0.740. The molecule has 2 rings (SSSR count). The van der Waals surface area contributed by atoms with Gasteiger partial charge in [0.1, 0.15) is 5.75 Å². The average molecular weight is 303 g/mol. The maximum absolute atomic E-state index is 9.88. The molecule has 0 aliphatic rings. The number of halogens is 2. The summed E-state index contributed by atoms with van der Waals surface area (Å²) in [6, 6.07) is 8.90. The lowest BCUT2D eigenvalue weighted by molar-refractivity contribution is 0.144. The molecule has 0 aliphatic heterocycles. The number of hydrogen-bond acceptors (Lipinski definition) is 3. The number of aliphatic hydroxyl groups is 1. The molecule has 96 valence electrons. The number of rotatable bonds is 5. The van der Waals surface area contributed by atoms with Crippen molar-refractivity contribution >= 4 is 34.5 Å². The zero-order valence-electron chi connectivity index (χ0n) is 9.48. The lowest BCUT2D eigenvalue weighted by Crippen LogP contribution is -2.04. The Labute approximate surface area is 120 Å². The highest BCUT2D eigenvalue weighted by molar-refractivity contribution is 7.10. The minimum absolute atomic E-state index is 0.403. The fraction of sp³-hybridized carbons (Fsp3) is 0.231. The van der Waals surface area contributed by atoms with Crippen LogP contribution in [0.5, 0.6) is 5.75 Å². The van der Waals surface area contributed by atoms with E-state index in [-0.39, 0.29) is 0 Å². The molecular weight excluding hydrogens is 291 g/mol. The van der Waals surface area contributed by atoms with E-state index >= 15 is 0 Å². The molecule has 0 aliphatic carbocycles. The molecule has 18 heavy (non-hydrogen) atoms. The first-order chi connectivity index (χ1) is 8.66. The summed E-state index contributed by atoms with van der Waals surface area (Å²) in [5, 5.41) is 12.9. The predicted molar refractivity (Wildman–Crippen MR) is 75.9 cm³/mol. The van der Waals surface area contributed by atoms with Gasteiger partial charge in [0.05, 0.1) is 17.7 Å². The van der Waals surface area contributed by atoms with E-state index in [4.69, 9.17) is 27.9 Å². The van der Waals surface area contributed by atoms with Crippen LogP contribution < -0.4 is 4.74 Å². The molecule has 1 unspecified atom stereocenters. The number of benzene rings is 1. The maximum atomic E-state index is 9.88. The molecule has 0 radical (unpaired) electrons. The highest BCUT2D eigenvalue weighted by Gasteiger charge is 2.09. The van der Waals surface area contributed by atoms with Crippen molar-refractivity contribution in [3.8, 4) is 5.75 Å². The van der Waals surface area contributed by atoms with E-state index in [1.807, 2.05) is 17.5 Å². The molecule has 1 aromatic heterocycles. The lowest BCUT2D eigenvalue weighted by atomic mass is 10.2. The first kappa shape index (κ1) is 13.7. The van der Waals surface area contributed by atoms with Crippen LogP contribution in [0.3, 0.4) is 0 Å². The van der Waals surface area contributed by atoms with Gasteiger partial charge in [0.2, 0.25) is 0 Å². The minimum Gasteiger partial charge on any atom is -0.492 e. The topological polar surface area (TPSA) is 29.5 Å². The van der Waals surface area contributed by atoms with Crippen LogP contribution in [0.25, 0.3) is 0 Å². The van der Waals surface area contributed by atoms with Crippen LogP contribution in [0.1, 0.15) is 17.4 Å². The third kappa shape index (κ3) is 3.62. The molecule has 2 aromatic rings. The van der Waals surface area contributed by atoms with E-state index in [1.165, 1.54) is 11.3 Å².